The van der Waals surface area contributed by atoms with E-state index in [0.717, 1.165) is 22.7 Å². The van der Waals surface area contributed by atoms with Gasteiger partial charge in [-0.15, -0.1) is 5.10 Å². The first-order chi connectivity index (χ1) is 15.2. The van der Waals surface area contributed by atoms with Gasteiger partial charge in [-0.2, -0.15) is 18.4 Å². The number of pyridine rings is 2. The minimum atomic E-state index is -4.87. The molecule has 0 spiro atoms. The molecule has 1 aromatic carbocycles. The number of fused-ring (bicyclic) bond motifs is 1. The number of hydrogen-bond donors (Lipinski definition) is 1. The highest BCUT2D eigenvalue weighted by Crippen LogP contribution is 2.40. The summed E-state index contributed by atoms with van der Waals surface area (Å²) in [6.45, 7) is 1.34. The van der Waals surface area contributed by atoms with Gasteiger partial charge in [0.1, 0.15) is 17.5 Å². The van der Waals surface area contributed by atoms with Crippen LogP contribution in [0, 0.1) is 11.3 Å². The molecule has 162 valence electrons. The number of nitriles is 1. The van der Waals surface area contributed by atoms with Crippen molar-refractivity contribution >= 4 is 10.9 Å². The molecular formula is C22H17F3N6O. The van der Waals surface area contributed by atoms with Crippen molar-refractivity contribution in [3.05, 3.63) is 71.9 Å². The summed E-state index contributed by atoms with van der Waals surface area (Å²) < 4.78 is 41.1. The third-order valence-electron chi connectivity index (χ3n) is 5.25. The molecule has 4 rings (SSSR count). The number of hydrogen-bond acceptors (Lipinski definition) is 6. The van der Waals surface area contributed by atoms with Crippen LogP contribution in [0.15, 0.2) is 55.0 Å². The lowest BCUT2D eigenvalue weighted by molar-refractivity contribution is -0.269. The summed E-state index contributed by atoms with van der Waals surface area (Å²) in [5.41, 5.74) is -0.506. The minimum absolute atomic E-state index is 0.112. The fraction of sp³-hybridized carbons (Fsp3) is 0.227. The van der Waals surface area contributed by atoms with E-state index in [-0.39, 0.29) is 12.2 Å². The third-order valence-corrected chi connectivity index (χ3v) is 5.25. The maximum absolute atomic E-state index is 13.3. The molecule has 0 radical (unpaired) electrons. The first-order valence-corrected chi connectivity index (χ1v) is 9.69. The van der Waals surface area contributed by atoms with Gasteiger partial charge < -0.3 is 5.11 Å². The van der Waals surface area contributed by atoms with E-state index in [1.807, 2.05) is 18.2 Å². The summed E-state index contributed by atoms with van der Waals surface area (Å²) in [5, 5.41) is 27.5. The van der Waals surface area contributed by atoms with Crippen LogP contribution in [-0.4, -0.2) is 36.2 Å². The average molecular weight is 438 g/mol. The molecule has 3 aromatic heterocycles. The smallest absolute Gasteiger partial charge is 0.375 e. The van der Waals surface area contributed by atoms with Crippen molar-refractivity contribution in [2.24, 2.45) is 0 Å². The summed E-state index contributed by atoms with van der Waals surface area (Å²) in [7, 11) is 0. The predicted molar refractivity (Wildman–Crippen MR) is 109 cm³/mol. The van der Waals surface area contributed by atoms with E-state index in [4.69, 9.17) is 0 Å². The van der Waals surface area contributed by atoms with Crippen molar-refractivity contribution in [2.45, 2.75) is 31.7 Å². The lowest BCUT2D eigenvalue weighted by Crippen LogP contribution is -2.42. The van der Waals surface area contributed by atoms with Crippen LogP contribution >= 0.6 is 0 Å². The molecule has 0 aliphatic heterocycles. The van der Waals surface area contributed by atoms with Gasteiger partial charge in [0.2, 0.25) is 5.60 Å². The van der Waals surface area contributed by atoms with Crippen LogP contribution in [0.3, 0.4) is 0 Å². The molecular weight excluding hydrogens is 421 g/mol. The molecule has 0 fully saturated rings. The van der Waals surface area contributed by atoms with Gasteiger partial charge in [-0.1, -0.05) is 30.3 Å². The topological polar surface area (TPSA) is 101 Å². The summed E-state index contributed by atoms with van der Waals surface area (Å²) in [4.78, 5) is 8.48. The summed E-state index contributed by atoms with van der Waals surface area (Å²) in [6, 6.07) is 12.8. The number of benzene rings is 1. The van der Waals surface area contributed by atoms with E-state index in [1.165, 1.54) is 11.6 Å². The molecule has 0 saturated heterocycles. The van der Waals surface area contributed by atoms with Gasteiger partial charge in [0.15, 0.2) is 0 Å². The summed E-state index contributed by atoms with van der Waals surface area (Å²) in [5.74, 6) is 0. The molecule has 0 bridgehead atoms. The highest BCUT2D eigenvalue weighted by molar-refractivity contribution is 5.95. The lowest BCUT2D eigenvalue weighted by Gasteiger charge is -2.26. The van der Waals surface area contributed by atoms with Crippen LogP contribution < -0.4 is 0 Å². The number of alkyl halides is 3. The van der Waals surface area contributed by atoms with Crippen LogP contribution in [0.4, 0.5) is 13.2 Å². The Balaban J connectivity index is 1.70. The molecule has 0 aliphatic carbocycles. The standard InChI is InChI=1S/C22H17F3N6O/c1-2-21(32,22(23,24)25)20-13-31(30-29-20)12-14-5-6-17-18(15-4-3-7-27-11-15)9-16(10-26)28-19(17)8-14/h3-9,11,13,32H,2,12H2,1H3. The molecule has 4 aromatic rings. The third kappa shape index (κ3) is 3.78. The average Bonchev–Trinajstić information content (AvgIpc) is 3.26. The van der Waals surface area contributed by atoms with Crippen LogP contribution in [0.1, 0.15) is 30.3 Å². The molecule has 0 amide bonds. The maximum Gasteiger partial charge on any atom is 0.423 e. The zero-order valence-corrected chi connectivity index (χ0v) is 16.9. The van der Waals surface area contributed by atoms with E-state index < -0.39 is 23.9 Å². The van der Waals surface area contributed by atoms with E-state index >= 15 is 0 Å². The van der Waals surface area contributed by atoms with Gasteiger partial charge in [0, 0.05) is 23.3 Å². The van der Waals surface area contributed by atoms with Crippen molar-refractivity contribution in [3.8, 4) is 17.2 Å². The van der Waals surface area contributed by atoms with Gasteiger partial charge >= 0.3 is 6.18 Å². The predicted octanol–water partition coefficient (Wildman–Crippen LogP) is 3.97. The fourth-order valence-electron chi connectivity index (χ4n) is 3.47. The van der Waals surface area contributed by atoms with Crippen LogP contribution in [0.25, 0.3) is 22.0 Å². The molecule has 1 unspecified atom stereocenters. The van der Waals surface area contributed by atoms with Gasteiger partial charge in [-0.25, -0.2) is 9.67 Å². The Morgan fingerprint density at radius 2 is 2.00 bits per heavy atom. The van der Waals surface area contributed by atoms with E-state index in [0.29, 0.717) is 11.1 Å². The van der Waals surface area contributed by atoms with Gasteiger partial charge in [0.25, 0.3) is 0 Å². The molecule has 10 heteroatoms. The maximum atomic E-state index is 13.3. The fourth-order valence-corrected chi connectivity index (χ4v) is 3.47. The largest absolute Gasteiger partial charge is 0.423 e. The number of nitrogens with zero attached hydrogens (tertiary/aromatic N) is 6. The molecule has 0 aliphatic rings. The quantitative estimate of drug-likeness (QED) is 0.506. The second kappa shape index (κ2) is 8.01. The zero-order chi connectivity index (χ0) is 22.9. The van der Waals surface area contributed by atoms with Crippen molar-refractivity contribution in [1.82, 2.24) is 25.0 Å². The van der Waals surface area contributed by atoms with Crippen LogP contribution in [-0.2, 0) is 12.1 Å². The van der Waals surface area contributed by atoms with Crippen molar-refractivity contribution in [3.63, 3.8) is 0 Å². The minimum Gasteiger partial charge on any atom is -0.375 e. The number of aromatic nitrogens is 5. The number of aliphatic hydroxyl groups is 1. The first-order valence-electron chi connectivity index (χ1n) is 9.69. The number of halogens is 3. The highest BCUT2D eigenvalue weighted by Gasteiger charge is 2.55. The highest BCUT2D eigenvalue weighted by atomic mass is 19.4. The molecule has 1 N–H and O–H groups in total. The normalized spacial score (nSPS) is 13.6. The van der Waals surface area contributed by atoms with Crippen molar-refractivity contribution < 1.29 is 18.3 Å². The molecule has 7 nitrogen and oxygen atoms in total. The zero-order valence-electron chi connectivity index (χ0n) is 16.9. The molecule has 0 saturated carbocycles. The van der Waals surface area contributed by atoms with E-state index in [1.54, 1.807) is 36.7 Å². The van der Waals surface area contributed by atoms with Gasteiger partial charge in [-0.3, -0.25) is 4.98 Å². The first kappa shape index (κ1) is 21.4. The molecule has 32 heavy (non-hydrogen) atoms. The summed E-state index contributed by atoms with van der Waals surface area (Å²) in [6.07, 6.45) is -1.02. The Kier molecular flexibility index (Phi) is 5.36. The van der Waals surface area contributed by atoms with E-state index in [9.17, 15) is 23.5 Å². The van der Waals surface area contributed by atoms with Crippen LogP contribution in [0.5, 0.6) is 0 Å². The van der Waals surface area contributed by atoms with Crippen molar-refractivity contribution in [2.75, 3.05) is 0 Å². The van der Waals surface area contributed by atoms with Gasteiger partial charge in [0.05, 0.1) is 18.3 Å². The lowest BCUT2D eigenvalue weighted by atomic mass is 9.96. The summed E-state index contributed by atoms with van der Waals surface area (Å²) >= 11 is 0. The van der Waals surface area contributed by atoms with Crippen molar-refractivity contribution in [1.29, 1.82) is 5.26 Å². The second-order valence-corrected chi connectivity index (χ2v) is 7.27. The Morgan fingerprint density at radius 3 is 2.66 bits per heavy atom. The Labute approximate surface area is 180 Å². The van der Waals surface area contributed by atoms with E-state index in [2.05, 4.69) is 20.3 Å². The molecule has 3 heterocycles. The Morgan fingerprint density at radius 1 is 1.19 bits per heavy atom. The SMILES string of the molecule is CCC(O)(c1cn(Cc2ccc3c(-c4cccnc4)cc(C#N)nc3c2)nn1)C(F)(F)F. The second-order valence-electron chi connectivity index (χ2n) is 7.27. The molecule has 1 atom stereocenters. The monoisotopic (exact) mass is 438 g/mol. The number of rotatable bonds is 5. The van der Waals surface area contributed by atoms with Crippen LogP contribution in [0.2, 0.25) is 0 Å². The Bertz CT molecular complexity index is 1310. The van der Waals surface area contributed by atoms with Gasteiger partial charge in [-0.05, 0) is 35.7 Å². The Hall–Kier alpha value is -3.84.